The average molecular weight is 415 g/mol. The van der Waals surface area contributed by atoms with Gasteiger partial charge in [0.2, 0.25) is 0 Å². The number of aliphatic hydroxyl groups excluding tert-OH is 1. The van der Waals surface area contributed by atoms with Crippen LogP contribution in [0, 0.1) is 5.92 Å². The Morgan fingerprint density at radius 1 is 1.17 bits per heavy atom. The summed E-state index contributed by atoms with van der Waals surface area (Å²) in [5.41, 5.74) is 2.00. The van der Waals surface area contributed by atoms with Gasteiger partial charge in [0.25, 0.3) is 0 Å². The van der Waals surface area contributed by atoms with Crippen LogP contribution in [0.3, 0.4) is 0 Å². The smallest absolute Gasteiger partial charge is 0.191 e. The fourth-order valence-corrected chi connectivity index (χ4v) is 4.66. The van der Waals surface area contributed by atoms with Gasteiger partial charge in [-0.1, -0.05) is 37.3 Å². The number of nitrogens with zero attached hydrogens (tertiary/aromatic N) is 2. The molecule has 1 fully saturated rings. The standard InChI is InChI=1S/C23H34N4OS/c1-3-24-23(25-15-19-7-4-5-8-20(19)17-28)26-16-21(22-9-6-14-29-22)27-12-10-18(2)11-13-27/h4-9,14,18,21,28H,3,10-13,15-17H2,1-2H3,(H2,24,25,26). The summed E-state index contributed by atoms with van der Waals surface area (Å²) >= 11 is 1.84. The monoisotopic (exact) mass is 414 g/mol. The number of nitrogens with one attached hydrogen (secondary N) is 2. The Morgan fingerprint density at radius 2 is 1.93 bits per heavy atom. The van der Waals surface area contributed by atoms with Crippen molar-refractivity contribution < 1.29 is 5.11 Å². The predicted molar refractivity (Wildman–Crippen MR) is 122 cm³/mol. The van der Waals surface area contributed by atoms with Crippen LogP contribution < -0.4 is 10.6 Å². The Kier molecular flexibility index (Phi) is 8.52. The summed E-state index contributed by atoms with van der Waals surface area (Å²) < 4.78 is 0. The lowest BCUT2D eigenvalue weighted by molar-refractivity contribution is 0.140. The van der Waals surface area contributed by atoms with E-state index in [4.69, 9.17) is 4.99 Å². The van der Waals surface area contributed by atoms with Crippen molar-refractivity contribution in [2.45, 2.75) is 45.9 Å². The van der Waals surface area contributed by atoms with Crippen molar-refractivity contribution in [3.63, 3.8) is 0 Å². The highest BCUT2D eigenvalue weighted by Crippen LogP contribution is 2.29. The lowest BCUT2D eigenvalue weighted by Gasteiger charge is -2.36. The third-order valence-electron chi connectivity index (χ3n) is 5.63. The zero-order valence-electron chi connectivity index (χ0n) is 17.6. The molecular weight excluding hydrogens is 380 g/mol. The van der Waals surface area contributed by atoms with E-state index in [0.29, 0.717) is 12.6 Å². The van der Waals surface area contributed by atoms with Gasteiger partial charge >= 0.3 is 0 Å². The molecule has 3 N–H and O–H groups in total. The predicted octanol–water partition coefficient (Wildman–Crippen LogP) is 3.77. The Morgan fingerprint density at radius 3 is 2.59 bits per heavy atom. The molecule has 2 aromatic rings. The van der Waals surface area contributed by atoms with E-state index in [1.165, 1.54) is 17.7 Å². The number of aliphatic hydroxyl groups is 1. The van der Waals surface area contributed by atoms with Crippen LogP contribution in [-0.4, -0.2) is 42.1 Å². The fraction of sp³-hybridized carbons (Fsp3) is 0.522. The van der Waals surface area contributed by atoms with Crippen molar-refractivity contribution >= 4 is 17.3 Å². The molecule has 6 heteroatoms. The number of piperidine rings is 1. The Labute approximate surface area is 178 Å². The van der Waals surface area contributed by atoms with Crippen LogP contribution in [0.5, 0.6) is 0 Å². The van der Waals surface area contributed by atoms with Crippen molar-refractivity contribution in [3.05, 3.63) is 57.8 Å². The molecule has 29 heavy (non-hydrogen) atoms. The molecule has 5 nitrogen and oxygen atoms in total. The molecule has 1 unspecified atom stereocenters. The Bertz CT molecular complexity index is 754. The second-order valence-corrected chi connectivity index (χ2v) is 8.73. The quantitative estimate of drug-likeness (QED) is 0.455. The van der Waals surface area contributed by atoms with Gasteiger partial charge in [-0.3, -0.25) is 4.90 Å². The van der Waals surface area contributed by atoms with Gasteiger partial charge in [-0.25, -0.2) is 4.99 Å². The van der Waals surface area contributed by atoms with Gasteiger partial charge in [0, 0.05) is 18.0 Å². The molecule has 0 aliphatic carbocycles. The minimum Gasteiger partial charge on any atom is -0.392 e. The van der Waals surface area contributed by atoms with Crippen molar-refractivity contribution in [2.24, 2.45) is 10.9 Å². The highest BCUT2D eigenvalue weighted by Gasteiger charge is 2.25. The van der Waals surface area contributed by atoms with Crippen molar-refractivity contribution in [1.29, 1.82) is 0 Å². The largest absolute Gasteiger partial charge is 0.392 e. The lowest BCUT2D eigenvalue weighted by atomic mass is 9.97. The summed E-state index contributed by atoms with van der Waals surface area (Å²) in [6.45, 7) is 9.00. The normalized spacial score (nSPS) is 17.3. The average Bonchev–Trinajstić information content (AvgIpc) is 3.28. The fourth-order valence-electron chi connectivity index (χ4n) is 3.80. The van der Waals surface area contributed by atoms with E-state index in [9.17, 15) is 5.11 Å². The minimum absolute atomic E-state index is 0.0451. The number of hydrogen-bond acceptors (Lipinski definition) is 4. The first-order valence-corrected chi connectivity index (χ1v) is 11.6. The molecule has 1 aliphatic rings. The van der Waals surface area contributed by atoms with Crippen LogP contribution >= 0.6 is 11.3 Å². The lowest BCUT2D eigenvalue weighted by Crippen LogP contribution is -2.45. The van der Waals surface area contributed by atoms with Gasteiger partial charge in [0.15, 0.2) is 5.96 Å². The first kappa shape index (κ1) is 21.8. The minimum atomic E-state index is 0.0451. The second kappa shape index (κ2) is 11.3. The molecule has 0 saturated carbocycles. The molecule has 0 spiro atoms. The van der Waals surface area contributed by atoms with E-state index in [1.54, 1.807) is 0 Å². The molecule has 1 saturated heterocycles. The van der Waals surface area contributed by atoms with E-state index >= 15 is 0 Å². The van der Waals surface area contributed by atoms with Crippen molar-refractivity contribution in [3.8, 4) is 0 Å². The number of benzene rings is 1. The number of aliphatic imine (C=N–C) groups is 1. The number of thiophene rings is 1. The Balaban J connectivity index is 1.67. The first-order valence-electron chi connectivity index (χ1n) is 10.7. The maximum absolute atomic E-state index is 9.55. The third-order valence-corrected chi connectivity index (χ3v) is 6.61. The van der Waals surface area contributed by atoms with Gasteiger partial charge in [0.05, 0.1) is 19.2 Å². The topological polar surface area (TPSA) is 59.9 Å². The molecular formula is C23H34N4OS. The molecule has 0 radical (unpaired) electrons. The van der Waals surface area contributed by atoms with Crippen LogP contribution in [0.1, 0.15) is 48.7 Å². The van der Waals surface area contributed by atoms with Crippen LogP contribution in [0.2, 0.25) is 0 Å². The van der Waals surface area contributed by atoms with Crippen molar-refractivity contribution in [2.75, 3.05) is 26.2 Å². The molecule has 0 bridgehead atoms. The summed E-state index contributed by atoms with van der Waals surface area (Å²) in [5.74, 6) is 1.65. The first-order chi connectivity index (χ1) is 14.2. The van der Waals surface area contributed by atoms with Crippen LogP contribution in [0.15, 0.2) is 46.8 Å². The molecule has 158 valence electrons. The number of hydrogen-bond donors (Lipinski definition) is 3. The van der Waals surface area contributed by atoms with Crippen LogP contribution in [-0.2, 0) is 13.2 Å². The highest BCUT2D eigenvalue weighted by molar-refractivity contribution is 7.10. The summed E-state index contributed by atoms with van der Waals surface area (Å²) in [4.78, 5) is 8.80. The zero-order chi connectivity index (χ0) is 20.5. The molecule has 1 aliphatic heterocycles. The summed E-state index contributed by atoms with van der Waals surface area (Å²) in [5, 5.41) is 18.6. The number of likely N-dealkylation sites (tertiary alicyclic amines) is 1. The SMILES string of the molecule is CCNC(=NCc1ccccc1CO)NCC(c1cccs1)N1CCC(C)CC1. The molecule has 1 atom stereocenters. The van der Waals surface area contributed by atoms with Crippen LogP contribution in [0.25, 0.3) is 0 Å². The van der Waals surface area contributed by atoms with Crippen molar-refractivity contribution in [1.82, 2.24) is 15.5 Å². The Hall–Kier alpha value is -1.89. The van der Waals surface area contributed by atoms with E-state index < -0.39 is 0 Å². The summed E-state index contributed by atoms with van der Waals surface area (Å²) in [6.07, 6.45) is 2.54. The van der Waals surface area contributed by atoms with Gasteiger partial charge in [0.1, 0.15) is 0 Å². The molecule has 1 aromatic heterocycles. The molecule has 1 aromatic carbocycles. The third kappa shape index (κ3) is 6.29. The van der Waals surface area contributed by atoms with E-state index in [0.717, 1.165) is 49.2 Å². The summed E-state index contributed by atoms with van der Waals surface area (Å²) in [7, 11) is 0. The zero-order valence-corrected chi connectivity index (χ0v) is 18.4. The highest BCUT2D eigenvalue weighted by atomic mass is 32.1. The molecule has 3 rings (SSSR count). The molecule has 2 heterocycles. The molecule has 0 amide bonds. The maximum Gasteiger partial charge on any atom is 0.191 e. The van der Waals surface area contributed by atoms with Gasteiger partial charge in [-0.05, 0) is 61.3 Å². The van der Waals surface area contributed by atoms with Gasteiger partial charge in [-0.2, -0.15) is 0 Å². The van der Waals surface area contributed by atoms with E-state index in [-0.39, 0.29) is 6.61 Å². The van der Waals surface area contributed by atoms with E-state index in [1.807, 2.05) is 35.6 Å². The number of guanidine groups is 1. The maximum atomic E-state index is 9.55. The summed E-state index contributed by atoms with van der Waals surface area (Å²) in [6, 6.07) is 12.7. The number of rotatable bonds is 8. The second-order valence-electron chi connectivity index (χ2n) is 7.75. The van der Waals surface area contributed by atoms with E-state index in [2.05, 4.69) is 46.9 Å². The van der Waals surface area contributed by atoms with Crippen LogP contribution in [0.4, 0.5) is 0 Å². The van der Waals surface area contributed by atoms with Gasteiger partial charge < -0.3 is 15.7 Å². The van der Waals surface area contributed by atoms with Gasteiger partial charge in [-0.15, -0.1) is 11.3 Å².